The van der Waals surface area contributed by atoms with Crippen molar-refractivity contribution in [1.29, 1.82) is 0 Å². The molecule has 0 N–H and O–H groups in total. The summed E-state index contributed by atoms with van der Waals surface area (Å²) in [5.41, 5.74) is 0. The molecule has 0 unspecified atom stereocenters. The minimum Gasteiger partial charge on any atom is -0.526 e. The van der Waals surface area contributed by atoms with Crippen molar-refractivity contribution in [2.24, 2.45) is 0 Å². The quantitative estimate of drug-likeness (QED) is 0.483. The molecule has 0 heterocycles. The van der Waals surface area contributed by atoms with Crippen LogP contribution in [0.5, 0.6) is 23.0 Å². The van der Waals surface area contributed by atoms with Gasteiger partial charge in [0.2, 0.25) is 0 Å². The summed E-state index contributed by atoms with van der Waals surface area (Å²) in [5, 5.41) is 0. The Bertz CT molecular complexity index is 628. The Hall–Kier alpha value is -2.52. The van der Waals surface area contributed by atoms with E-state index in [0.29, 0.717) is 0 Å². The number of hydrogen-bond donors (Lipinski definition) is 0. The average Bonchev–Trinajstić information content (AvgIpc) is 2.61. The summed E-state index contributed by atoms with van der Waals surface area (Å²) >= 11 is 0. The minimum atomic E-state index is -0.479. The van der Waals surface area contributed by atoms with E-state index in [1.807, 2.05) is 0 Å². The fourth-order valence-corrected chi connectivity index (χ4v) is 1.83. The highest BCUT2D eigenvalue weighted by Crippen LogP contribution is 2.30. The highest BCUT2D eigenvalue weighted by molar-refractivity contribution is 6.21. The fourth-order valence-electron chi connectivity index (χ4n) is 1.83. The van der Waals surface area contributed by atoms with Crippen molar-refractivity contribution in [3.63, 3.8) is 0 Å². The van der Waals surface area contributed by atoms with Gasteiger partial charge in [0.15, 0.2) is 25.1 Å². The van der Waals surface area contributed by atoms with Gasteiger partial charge in [-0.2, -0.15) is 0 Å². The Balaban J connectivity index is 2.01. The smallest absolute Gasteiger partial charge is 0.526 e. The zero-order valence-electron chi connectivity index (χ0n) is 13.8. The molecule has 0 aliphatic heterocycles. The largest absolute Gasteiger partial charge is 0.576 e. The van der Waals surface area contributed by atoms with Gasteiger partial charge in [0.25, 0.3) is 0 Å². The summed E-state index contributed by atoms with van der Waals surface area (Å²) in [6.45, 7) is -0.124. The Labute approximate surface area is 144 Å². The second kappa shape index (κ2) is 9.70. The fraction of sp³-hybridized carbons (Fsp3) is 0.250. The molecule has 0 atom stereocenters. The zero-order valence-corrected chi connectivity index (χ0v) is 13.8. The van der Waals surface area contributed by atoms with Crippen LogP contribution in [0.4, 0.5) is 8.78 Å². The molecule has 0 aliphatic rings. The molecule has 0 radical (unpaired) electrons. The van der Waals surface area contributed by atoms with E-state index in [4.69, 9.17) is 28.3 Å². The van der Waals surface area contributed by atoms with Crippen molar-refractivity contribution in [2.45, 2.75) is 0 Å². The van der Waals surface area contributed by atoms with Crippen LogP contribution in [0, 0.1) is 11.6 Å². The van der Waals surface area contributed by atoms with Gasteiger partial charge in [-0.05, 0) is 24.3 Å². The first-order valence-electron chi connectivity index (χ1n) is 7.22. The molecule has 0 saturated carbocycles. The molecule has 2 aromatic rings. The van der Waals surface area contributed by atoms with E-state index < -0.39 is 11.6 Å². The molecule has 0 amide bonds. The van der Waals surface area contributed by atoms with Gasteiger partial charge in [0.1, 0.15) is 23.1 Å². The Morgan fingerprint density at radius 2 is 1.16 bits per heavy atom. The standard InChI is InChI=1S/C16H17BF2O6/c1-20-9-22-15-7-11(18)3-5-13(15)24-17-25-14-6-4-12(19)8-16(14)23-10-21-2/h3-8,17H,9-10H2,1-2H3. The summed E-state index contributed by atoms with van der Waals surface area (Å²) in [7, 11) is 2.65. The molecular weight excluding hydrogens is 337 g/mol. The average molecular weight is 354 g/mol. The van der Waals surface area contributed by atoms with Gasteiger partial charge >= 0.3 is 7.69 Å². The third kappa shape index (κ3) is 5.81. The summed E-state index contributed by atoms with van der Waals surface area (Å²) < 4.78 is 57.5. The Morgan fingerprint density at radius 3 is 1.56 bits per heavy atom. The minimum absolute atomic E-state index is 0.0619. The van der Waals surface area contributed by atoms with E-state index in [-0.39, 0.29) is 44.3 Å². The molecule has 2 rings (SSSR count). The van der Waals surface area contributed by atoms with Gasteiger partial charge in [-0.25, -0.2) is 8.78 Å². The van der Waals surface area contributed by atoms with E-state index in [1.54, 1.807) is 0 Å². The topological polar surface area (TPSA) is 55.4 Å². The number of methoxy groups -OCH3 is 2. The van der Waals surface area contributed by atoms with Gasteiger partial charge in [-0.1, -0.05) is 0 Å². The number of ether oxygens (including phenoxy) is 4. The van der Waals surface area contributed by atoms with Crippen molar-refractivity contribution < 1.29 is 37.0 Å². The van der Waals surface area contributed by atoms with Crippen molar-refractivity contribution >= 4 is 7.69 Å². The number of hydrogen-bond acceptors (Lipinski definition) is 6. The van der Waals surface area contributed by atoms with Crippen LogP contribution >= 0.6 is 0 Å². The van der Waals surface area contributed by atoms with Gasteiger partial charge in [-0.15, -0.1) is 0 Å². The maximum atomic E-state index is 13.3. The number of rotatable bonds is 10. The lowest BCUT2D eigenvalue weighted by Gasteiger charge is -2.14. The van der Waals surface area contributed by atoms with Crippen molar-refractivity contribution in [3.05, 3.63) is 48.0 Å². The first-order chi connectivity index (χ1) is 12.1. The van der Waals surface area contributed by atoms with Crippen LogP contribution in [-0.4, -0.2) is 35.5 Å². The van der Waals surface area contributed by atoms with Crippen LogP contribution in [0.1, 0.15) is 0 Å². The SMILES string of the molecule is COCOc1cc(F)ccc1OBOc1ccc(F)cc1OCOC. The highest BCUT2D eigenvalue weighted by Gasteiger charge is 2.11. The molecule has 0 aromatic heterocycles. The van der Waals surface area contributed by atoms with Crippen LogP contribution in [0.2, 0.25) is 0 Å². The van der Waals surface area contributed by atoms with E-state index in [1.165, 1.54) is 50.6 Å². The summed E-state index contributed by atoms with van der Waals surface area (Å²) in [4.78, 5) is 0. The Morgan fingerprint density at radius 1 is 0.720 bits per heavy atom. The van der Waals surface area contributed by atoms with Crippen molar-refractivity contribution in [3.8, 4) is 23.0 Å². The monoisotopic (exact) mass is 354 g/mol. The van der Waals surface area contributed by atoms with Crippen LogP contribution in [-0.2, 0) is 9.47 Å². The van der Waals surface area contributed by atoms with E-state index in [9.17, 15) is 8.78 Å². The van der Waals surface area contributed by atoms with E-state index in [0.717, 1.165) is 0 Å². The predicted octanol–water partition coefficient (Wildman–Crippen LogP) is 2.65. The third-order valence-corrected chi connectivity index (χ3v) is 2.90. The first-order valence-corrected chi connectivity index (χ1v) is 7.22. The molecule has 0 bridgehead atoms. The summed E-state index contributed by atoms with van der Waals surface area (Å²) in [6.07, 6.45) is 0. The van der Waals surface area contributed by atoms with Crippen LogP contribution in [0.25, 0.3) is 0 Å². The van der Waals surface area contributed by atoms with Gasteiger partial charge < -0.3 is 28.3 Å². The normalized spacial score (nSPS) is 10.2. The maximum Gasteiger partial charge on any atom is 0.576 e. The molecule has 0 fully saturated rings. The lowest BCUT2D eigenvalue weighted by molar-refractivity contribution is 0.0492. The number of benzene rings is 2. The molecule has 2 aromatic carbocycles. The third-order valence-electron chi connectivity index (χ3n) is 2.90. The lowest BCUT2D eigenvalue weighted by Crippen LogP contribution is -2.13. The second-order valence-electron chi connectivity index (χ2n) is 4.69. The predicted molar refractivity (Wildman–Crippen MR) is 86.2 cm³/mol. The van der Waals surface area contributed by atoms with Crippen molar-refractivity contribution in [1.82, 2.24) is 0 Å². The lowest BCUT2D eigenvalue weighted by atomic mass is 10.2. The molecule has 0 saturated heterocycles. The number of halogens is 2. The summed E-state index contributed by atoms with van der Waals surface area (Å²) in [5.74, 6) is -0.0954. The molecule has 9 heteroatoms. The molecule has 134 valence electrons. The second-order valence-corrected chi connectivity index (χ2v) is 4.69. The highest BCUT2D eigenvalue weighted by atomic mass is 19.1. The first kappa shape index (κ1) is 18.8. The zero-order chi connectivity index (χ0) is 18.1. The molecule has 6 nitrogen and oxygen atoms in total. The van der Waals surface area contributed by atoms with Gasteiger partial charge in [-0.3, -0.25) is 0 Å². The molecule has 0 spiro atoms. The van der Waals surface area contributed by atoms with E-state index >= 15 is 0 Å². The molecular formula is C16H17BF2O6. The van der Waals surface area contributed by atoms with E-state index in [2.05, 4.69) is 0 Å². The molecule has 0 aliphatic carbocycles. The Kier molecular flexibility index (Phi) is 7.30. The van der Waals surface area contributed by atoms with Crippen LogP contribution in [0.15, 0.2) is 36.4 Å². The maximum absolute atomic E-state index is 13.3. The van der Waals surface area contributed by atoms with Crippen molar-refractivity contribution in [2.75, 3.05) is 27.8 Å². The van der Waals surface area contributed by atoms with Crippen LogP contribution in [0.3, 0.4) is 0 Å². The van der Waals surface area contributed by atoms with Gasteiger partial charge in [0, 0.05) is 26.4 Å². The summed E-state index contributed by atoms with van der Waals surface area (Å²) in [6, 6.07) is 7.58. The van der Waals surface area contributed by atoms with Gasteiger partial charge in [0.05, 0.1) is 0 Å². The molecule has 25 heavy (non-hydrogen) atoms. The van der Waals surface area contributed by atoms with Crippen LogP contribution < -0.4 is 18.8 Å².